The maximum atomic E-state index is 6.34. The largest absolute Gasteiger partial charge is 0.370 e. The summed E-state index contributed by atoms with van der Waals surface area (Å²) in [5, 5.41) is 2.92. The van der Waals surface area contributed by atoms with E-state index in [0.29, 0.717) is 5.96 Å². The molecule has 3 nitrogen and oxygen atoms in total. The molecule has 0 amide bonds. The molecule has 3 N–H and O–H groups in total. The summed E-state index contributed by atoms with van der Waals surface area (Å²) in [7, 11) is 0. The first kappa shape index (κ1) is 9.09. The van der Waals surface area contributed by atoms with Gasteiger partial charge in [0.1, 0.15) is 0 Å². The minimum atomic E-state index is -0.771. The zero-order valence-electron chi connectivity index (χ0n) is 7.44. The van der Waals surface area contributed by atoms with Crippen LogP contribution in [0.25, 0.3) is 0 Å². The first-order valence-electron chi connectivity index (χ1n) is 4.24. The third kappa shape index (κ3) is 1.59. The van der Waals surface area contributed by atoms with E-state index in [1.807, 2.05) is 30.3 Å². The maximum Gasteiger partial charge on any atom is 0.195 e. The fourth-order valence-corrected chi connectivity index (χ4v) is 1.61. The van der Waals surface area contributed by atoms with E-state index in [9.17, 15) is 0 Å². The Morgan fingerprint density at radius 2 is 2.00 bits per heavy atom. The molecule has 1 aliphatic heterocycles. The summed E-state index contributed by atoms with van der Waals surface area (Å²) in [6, 6.07) is 9.66. The first-order chi connectivity index (χ1) is 6.71. The second kappa shape index (κ2) is 3.35. The van der Waals surface area contributed by atoms with Gasteiger partial charge in [-0.2, -0.15) is 0 Å². The van der Waals surface area contributed by atoms with Gasteiger partial charge in [-0.3, -0.25) is 0 Å². The molecule has 1 aromatic rings. The van der Waals surface area contributed by atoms with Gasteiger partial charge in [-0.1, -0.05) is 41.9 Å². The van der Waals surface area contributed by atoms with Crippen LogP contribution in [0.15, 0.2) is 47.6 Å². The van der Waals surface area contributed by atoms with Crippen molar-refractivity contribution in [3.63, 3.8) is 0 Å². The number of aliphatic imine (C=N–C) groups is 1. The fraction of sp³-hybridized carbons (Fsp3) is 0.100. The molecule has 1 unspecified atom stereocenters. The monoisotopic (exact) mass is 207 g/mol. The van der Waals surface area contributed by atoms with Crippen molar-refractivity contribution in [3.05, 3.63) is 48.2 Å². The molecular weight excluding hydrogens is 198 g/mol. The molecule has 0 fully saturated rings. The topological polar surface area (TPSA) is 50.4 Å². The lowest BCUT2D eigenvalue weighted by Crippen LogP contribution is -2.45. The van der Waals surface area contributed by atoms with Crippen LogP contribution in [0.1, 0.15) is 5.56 Å². The van der Waals surface area contributed by atoms with Crippen LogP contribution in [0.5, 0.6) is 0 Å². The van der Waals surface area contributed by atoms with Crippen molar-refractivity contribution >= 4 is 17.6 Å². The van der Waals surface area contributed by atoms with Crippen LogP contribution in [0.4, 0.5) is 0 Å². The lowest BCUT2D eigenvalue weighted by molar-refractivity contribution is 0.687. The highest BCUT2D eigenvalue weighted by Gasteiger charge is 2.28. The fourth-order valence-electron chi connectivity index (χ4n) is 1.33. The number of benzene rings is 1. The van der Waals surface area contributed by atoms with E-state index < -0.39 is 5.00 Å². The van der Waals surface area contributed by atoms with Gasteiger partial charge in [-0.25, -0.2) is 4.99 Å². The first-order valence-corrected chi connectivity index (χ1v) is 4.62. The van der Waals surface area contributed by atoms with Crippen LogP contribution in [-0.2, 0) is 5.00 Å². The van der Waals surface area contributed by atoms with Crippen molar-refractivity contribution in [2.75, 3.05) is 0 Å². The highest BCUT2D eigenvalue weighted by atomic mass is 35.5. The Morgan fingerprint density at radius 3 is 2.64 bits per heavy atom. The molecular formula is C10H10ClN3. The summed E-state index contributed by atoms with van der Waals surface area (Å²) < 4.78 is 0. The highest BCUT2D eigenvalue weighted by Crippen LogP contribution is 2.28. The lowest BCUT2D eigenvalue weighted by Gasteiger charge is -2.27. The summed E-state index contributed by atoms with van der Waals surface area (Å²) in [5.41, 5.74) is 6.49. The third-order valence-corrected chi connectivity index (χ3v) is 2.46. The normalized spacial score (nSPS) is 25.4. The van der Waals surface area contributed by atoms with E-state index >= 15 is 0 Å². The van der Waals surface area contributed by atoms with E-state index in [0.717, 1.165) is 5.56 Å². The van der Waals surface area contributed by atoms with Crippen molar-refractivity contribution in [3.8, 4) is 0 Å². The lowest BCUT2D eigenvalue weighted by atomic mass is 10.1. The number of nitrogens with one attached hydrogen (secondary N) is 1. The van der Waals surface area contributed by atoms with Crippen molar-refractivity contribution in [1.82, 2.24) is 5.32 Å². The van der Waals surface area contributed by atoms with Crippen LogP contribution in [0, 0.1) is 0 Å². The minimum Gasteiger partial charge on any atom is -0.370 e. The Kier molecular flexibility index (Phi) is 2.17. The van der Waals surface area contributed by atoms with Crippen molar-refractivity contribution < 1.29 is 0 Å². The number of hydrogen-bond donors (Lipinski definition) is 2. The number of nitrogens with two attached hydrogens (primary N) is 1. The molecule has 1 atom stereocenters. The summed E-state index contributed by atoms with van der Waals surface area (Å²) in [5.74, 6) is 0.325. The molecule has 2 rings (SSSR count). The average Bonchev–Trinajstić information content (AvgIpc) is 2.19. The number of hydrogen-bond acceptors (Lipinski definition) is 3. The molecule has 0 bridgehead atoms. The quantitative estimate of drug-likeness (QED) is 0.542. The Morgan fingerprint density at radius 1 is 1.29 bits per heavy atom. The zero-order chi connectivity index (χ0) is 10.0. The molecule has 0 saturated carbocycles. The summed E-state index contributed by atoms with van der Waals surface area (Å²) in [6.07, 6.45) is 3.37. The van der Waals surface area contributed by atoms with E-state index in [-0.39, 0.29) is 0 Å². The minimum absolute atomic E-state index is 0.325. The van der Waals surface area contributed by atoms with Gasteiger partial charge in [0.15, 0.2) is 11.0 Å². The number of nitrogens with zero attached hydrogens (tertiary/aromatic N) is 1. The molecule has 0 radical (unpaired) electrons. The Balaban J connectivity index is 2.35. The molecule has 4 heteroatoms. The predicted octanol–water partition coefficient (Wildman–Crippen LogP) is 1.51. The van der Waals surface area contributed by atoms with E-state index in [1.165, 1.54) is 0 Å². The van der Waals surface area contributed by atoms with Crippen molar-refractivity contribution in [2.45, 2.75) is 5.00 Å². The molecule has 0 spiro atoms. The predicted molar refractivity (Wildman–Crippen MR) is 57.9 cm³/mol. The molecule has 0 aliphatic carbocycles. The second-order valence-corrected chi connectivity index (χ2v) is 3.63. The summed E-state index contributed by atoms with van der Waals surface area (Å²) in [6.45, 7) is 0. The van der Waals surface area contributed by atoms with Gasteiger partial charge in [-0.15, -0.1) is 0 Å². The summed E-state index contributed by atoms with van der Waals surface area (Å²) >= 11 is 6.34. The van der Waals surface area contributed by atoms with E-state index in [1.54, 1.807) is 12.3 Å². The molecule has 72 valence electrons. The molecule has 1 heterocycles. The Labute approximate surface area is 87.3 Å². The van der Waals surface area contributed by atoms with Crippen LogP contribution in [0.2, 0.25) is 0 Å². The number of rotatable bonds is 1. The summed E-state index contributed by atoms with van der Waals surface area (Å²) in [4.78, 5) is 3.10. The van der Waals surface area contributed by atoms with Crippen molar-refractivity contribution in [2.24, 2.45) is 10.7 Å². The van der Waals surface area contributed by atoms with E-state index in [4.69, 9.17) is 17.3 Å². The second-order valence-electron chi connectivity index (χ2n) is 3.03. The van der Waals surface area contributed by atoms with E-state index in [2.05, 4.69) is 10.3 Å². The van der Waals surface area contributed by atoms with Crippen molar-refractivity contribution in [1.29, 1.82) is 0 Å². The van der Waals surface area contributed by atoms with Gasteiger partial charge in [-0.05, 0) is 11.6 Å². The molecule has 14 heavy (non-hydrogen) atoms. The number of guanidine groups is 1. The number of alkyl halides is 1. The van der Waals surface area contributed by atoms with Gasteiger partial charge in [0.25, 0.3) is 0 Å². The van der Waals surface area contributed by atoms with Gasteiger partial charge in [0, 0.05) is 6.20 Å². The average molecular weight is 208 g/mol. The Bertz CT molecular complexity index is 386. The van der Waals surface area contributed by atoms with Crippen LogP contribution < -0.4 is 11.1 Å². The van der Waals surface area contributed by atoms with Gasteiger partial charge < -0.3 is 11.1 Å². The van der Waals surface area contributed by atoms with Crippen LogP contribution in [0.3, 0.4) is 0 Å². The maximum absolute atomic E-state index is 6.34. The van der Waals surface area contributed by atoms with Gasteiger partial charge in [0.05, 0.1) is 0 Å². The van der Waals surface area contributed by atoms with Gasteiger partial charge >= 0.3 is 0 Å². The zero-order valence-corrected chi connectivity index (χ0v) is 8.20. The SMILES string of the molecule is NC1=NC=CC(Cl)(c2ccccc2)N1. The van der Waals surface area contributed by atoms with Gasteiger partial charge in [0.2, 0.25) is 0 Å². The highest BCUT2D eigenvalue weighted by molar-refractivity contribution is 6.26. The third-order valence-electron chi connectivity index (χ3n) is 2.02. The standard InChI is InChI=1S/C10H10ClN3/c11-10(6-7-13-9(12)14-10)8-4-2-1-3-5-8/h1-7H,(H3,12,13,14). The molecule has 1 aromatic carbocycles. The number of halogens is 1. The van der Waals surface area contributed by atoms with Crippen LogP contribution in [-0.4, -0.2) is 5.96 Å². The van der Waals surface area contributed by atoms with Crippen LogP contribution >= 0.6 is 11.6 Å². The smallest absolute Gasteiger partial charge is 0.195 e. The molecule has 0 saturated heterocycles. The molecule has 0 aromatic heterocycles. The Hall–Kier alpha value is -1.48. The molecule has 1 aliphatic rings.